The van der Waals surface area contributed by atoms with Crippen LogP contribution in [-0.2, 0) is 9.59 Å². The molecule has 18 heteroatoms. The molecule has 1 aliphatic carbocycles. The number of imide groups is 2. The third-order valence-electron chi connectivity index (χ3n) is 14.9. The summed E-state index contributed by atoms with van der Waals surface area (Å²) in [5.41, 5.74) is 8.11. The van der Waals surface area contributed by atoms with E-state index in [1.165, 1.54) is 24.5 Å². The topological polar surface area (TPSA) is 198 Å². The first kappa shape index (κ1) is 42.8. The molecule has 4 N–H and O–H groups in total. The van der Waals surface area contributed by atoms with Crippen molar-refractivity contribution in [3.63, 3.8) is 0 Å². The number of likely N-dealkylation sites (tertiary alicyclic amines) is 1. The molecule has 3 atom stereocenters. The lowest BCUT2D eigenvalue weighted by molar-refractivity contribution is -0.136. The normalized spacial score (nSPS) is 24.7. The standard InChI is InChI=1S/C47H56FN11O6/c48-36-22-34-35(46(64)59(45(34)63)37-11-12-40(60)53-44(37)62)23-38(36)55-19-13-28(26-55)25-54-17-14-30(15-18-54)29-7-9-31(10-8-29)51-43-41(42(49)61)50-24-39(52-43)56-16-3-6-33(27-56)58-21-20-57(47(58)65)32-4-1-2-5-32/h7-10,22-24,28,30,32-33,37H,1-6,11-21,25-27H2,(H2,49,61)(H,51,52)(H,53,60,62). The number of amides is 7. The zero-order chi connectivity index (χ0) is 44.9. The summed E-state index contributed by atoms with van der Waals surface area (Å²) in [5.74, 6) is -2.16. The van der Waals surface area contributed by atoms with Crippen LogP contribution in [0.2, 0.25) is 0 Å². The molecule has 17 nitrogen and oxygen atoms in total. The Hall–Kier alpha value is -6.17. The Morgan fingerprint density at radius 3 is 2.22 bits per heavy atom. The molecule has 0 radical (unpaired) electrons. The highest BCUT2D eigenvalue weighted by Crippen LogP contribution is 2.37. The SMILES string of the molecule is NC(=O)c1ncc(N2CCCC(N3CCN(C4CCCC4)C3=O)C2)nc1Nc1ccc(C2CCN(CC3CCN(c4cc5c(cc4F)C(=O)N(C4CCC(=O)NC4=O)C5=O)C3)CC2)cc1. The molecule has 1 saturated carbocycles. The van der Waals surface area contributed by atoms with Gasteiger partial charge in [-0.3, -0.25) is 34.2 Å². The minimum Gasteiger partial charge on any atom is -0.369 e. The van der Waals surface area contributed by atoms with Crippen LogP contribution >= 0.6 is 0 Å². The molecular formula is C47H56FN11O6. The van der Waals surface area contributed by atoms with Crippen molar-refractivity contribution < 1.29 is 33.2 Å². The molecule has 0 spiro atoms. The van der Waals surface area contributed by atoms with Crippen molar-refractivity contribution in [3.05, 3.63) is 70.8 Å². The van der Waals surface area contributed by atoms with Gasteiger partial charge in [0.1, 0.15) is 17.7 Å². The first-order valence-corrected chi connectivity index (χ1v) is 23.4. The van der Waals surface area contributed by atoms with Gasteiger partial charge in [0.05, 0.1) is 29.1 Å². The van der Waals surface area contributed by atoms with Crippen LogP contribution in [0.1, 0.15) is 113 Å². The lowest BCUT2D eigenvalue weighted by Crippen LogP contribution is -2.54. The van der Waals surface area contributed by atoms with Gasteiger partial charge in [-0.05, 0) is 106 Å². The smallest absolute Gasteiger partial charge is 0.320 e. The van der Waals surface area contributed by atoms with Crippen molar-refractivity contribution in [1.29, 1.82) is 0 Å². The molecule has 7 aliphatic rings. The molecule has 2 aromatic carbocycles. The Morgan fingerprint density at radius 2 is 1.49 bits per heavy atom. The summed E-state index contributed by atoms with van der Waals surface area (Å²) >= 11 is 0. The van der Waals surface area contributed by atoms with Crippen molar-refractivity contribution in [2.75, 3.05) is 74.0 Å². The molecule has 0 bridgehead atoms. The highest BCUT2D eigenvalue weighted by Gasteiger charge is 2.46. The number of hydrogen-bond donors (Lipinski definition) is 3. The Bertz CT molecular complexity index is 2400. The summed E-state index contributed by atoms with van der Waals surface area (Å²) in [5, 5.41) is 5.50. The molecular weight excluding hydrogens is 834 g/mol. The van der Waals surface area contributed by atoms with Crippen LogP contribution in [0.4, 0.5) is 32.2 Å². The fraction of sp³-hybridized carbons (Fsp3) is 0.532. The molecule has 7 heterocycles. The van der Waals surface area contributed by atoms with E-state index in [1.807, 2.05) is 21.9 Å². The molecule has 1 aromatic heterocycles. The second-order valence-corrected chi connectivity index (χ2v) is 18.9. The van der Waals surface area contributed by atoms with Gasteiger partial charge >= 0.3 is 6.03 Å². The number of rotatable bonds is 11. The first-order chi connectivity index (χ1) is 31.5. The summed E-state index contributed by atoms with van der Waals surface area (Å²) in [6, 6.07) is 10.3. The van der Waals surface area contributed by atoms with Crippen molar-refractivity contribution in [2.24, 2.45) is 11.7 Å². The Labute approximate surface area is 376 Å². The molecule has 5 saturated heterocycles. The van der Waals surface area contributed by atoms with Crippen LogP contribution < -0.4 is 26.2 Å². The molecule has 7 amide bonds. The van der Waals surface area contributed by atoms with Gasteiger partial charge in [-0.2, -0.15) is 0 Å². The number of hydrogen-bond acceptors (Lipinski definition) is 12. The van der Waals surface area contributed by atoms with Crippen molar-refractivity contribution in [2.45, 2.75) is 94.7 Å². The molecule has 10 rings (SSSR count). The van der Waals surface area contributed by atoms with Crippen LogP contribution in [0, 0.1) is 11.7 Å². The van der Waals surface area contributed by atoms with Crippen LogP contribution in [-0.4, -0.2) is 142 Å². The highest BCUT2D eigenvalue weighted by molar-refractivity contribution is 6.23. The fourth-order valence-electron chi connectivity index (χ4n) is 11.4. The highest BCUT2D eigenvalue weighted by atomic mass is 19.1. The molecule has 342 valence electrons. The summed E-state index contributed by atoms with van der Waals surface area (Å²) < 4.78 is 15.6. The maximum absolute atomic E-state index is 15.6. The zero-order valence-corrected chi connectivity index (χ0v) is 36.6. The molecule has 3 unspecified atom stereocenters. The number of anilines is 4. The number of nitrogens with one attached hydrogen (secondary N) is 2. The minimum atomic E-state index is -1.10. The monoisotopic (exact) mass is 889 g/mol. The van der Waals surface area contributed by atoms with Gasteiger partial charge in [0.2, 0.25) is 11.8 Å². The summed E-state index contributed by atoms with van der Waals surface area (Å²) in [7, 11) is 0. The van der Waals surface area contributed by atoms with E-state index in [-0.39, 0.29) is 47.4 Å². The van der Waals surface area contributed by atoms with E-state index in [2.05, 4.69) is 42.5 Å². The predicted molar refractivity (Wildman–Crippen MR) is 238 cm³/mol. The van der Waals surface area contributed by atoms with Crippen molar-refractivity contribution >= 4 is 58.6 Å². The van der Waals surface area contributed by atoms with Crippen LogP contribution in [0.25, 0.3) is 0 Å². The first-order valence-electron chi connectivity index (χ1n) is 23.4. The Balaban J connectivity index is 0.722. The molecule has 65 heavy (non-hydrogen) atoms. The van der Waals surface area contributed by atoms with E-state index in [1.54, 1.807) is 6.20 Å². The van der Waals surface area contributed by atoms with Crippen LogP contribution in [0.15, 0.2) is 42.6 Å². The molecule has 6 aliphatic heterocycles. The number of halogens is 1. The van der Waals surface area contributed by atoms with E-state index in [0.717, 1.165) is 101 Å². The number of carbonyl (C=O) groups is 6. The van der Waals surface area contributed by atoms with Gasteiger partial charge in [-0.1, -0.05) is 25.0 Å². The second-order valence-electron chi connectivity index (χ2n) is 18.9. The Kier molecular flexibility index (Phi) is 11.6. The van der Waals surface area contributed by atoms with E-state index in [9.17, 15) is 28.8 Å². The predicted octanol–water partition coefficient (Wildman–Crippen LogP) is 4.21. The van der Waals surface area contributed by atoms with Crippen LogP contribution in [0.5, 0.6) is 0 Å². The number of nitrogens with zero attached hydrogens (tertiary/aromatic N) is 8. The Morgan fingerprint density at radius 1 is 0.785 bits per heavy atom. The second kappa shape index (κ2) is 17.7. The van der Waals surface area contributed by atoms with E-state index < -0.39 is 41.4 Å². The third kappa shape index (κ3) is 8.36. The van der Waals surface area contributed by atoms with Crippen molar-refractivity contribution in [3.8, 4) is 0 Å². The lowest BCUT2D eigenvalue weighted by atomic mass is 9.89. The van der Waals surface area contributed by atoms with Crippen LogP contribution in [0.3, 0.4) is 0 Å². The van der Waals surface area contributed by atoms with Crippen molar-refractivity contribution in [1.82, 2.24) is 34.9 Å². The summed E-state index contributed by atoms with van der Waals surface area (Å²) in [6.07, 6.45) is 10.9. The number of benzene rings is 2. The molecule has 3 aromatic rings. The quantitative estimate of drug-likeness (QED) is 0.232. The maximum Gasteiger partial charge on any atom is 0.320 e. The van der Waals surface area contributed by atoms with E-state index >= 15 is 4.39 Å². The molecule has 6 fully saturated rings. The average molecular weight is 890 g/mol. The summed E-state index contributed by atoms with van der Waals surface area (Å²) in [4.78, 5) is 97.5. The van der Waals surface area contributed by atoms with Gasteiger partial charge in [0.25, 0.3) is 17.7 Å². The number of piperidine rings is 3. The number of carbonyl (C=O) groups excluding carboxylic acids is 6. The maximum atomic E-state index is 15.6. The van der Waals surface area contributed by atoms with Gasteiger partial charge in [0, 0.05) is 64.0 Å². The van der Waals surface area contributed by atoms with Gasteiger partial charge in [-0.15, -0.1) is 0 Å². The van der Waals surface area contributed by atoms with E-state index in [0.29, 0.717) is 49.1 Å². The largest absolute Gasteiger partial charge is 0.369 e. The van der Waals surface area contributed by atoms with Gasteiger partial charge in [-0.25, -0.2) is 19.2 Å². The minimum absolute atomic E-state index is 0.0146. The number of primary amides is 1. The number of fused-ring (bicyclic) bond motifs is 1. The van der Waals surface area contributed by atoms with E-state index in [4.69, 9.17) is 10.7 Å². The average Bonchev–Trinajstić information content (AvgIpc) is 4.13. The summed E-state index contributed by atoms with van der Waals surface area (Å²) in [6.45, 7) is 6.92. The number of nitrogens with two attached hydrogens (primary N) is 1. The number of urea groups is 1. The van der Waals surface area contributed by atoms with Gasteiger partial charge in [0.15, 0.2) is 11.5 Å². The number of aromatic nitrogens is 2. The van der Waals surface area contributed by atoms with Gasteiger partial charge < -0.3 is 35.6 Å². The third-order valence-corrected chi connectivity index (χ3v) is 14.9. The zero-order valence-electron chi connectivity index (χ0n) is 36.6. The lowest BCUT2D eigenvalue weighted by Gasteiger charge is -2.38. The fourth-order valence-corrected chi connectivity index (χ4v) is 11.4.